The SMILES string of the molecule is C#C.C/C=C\CC#N.CC=C(C)C.CCOC(C)=O.CO. The Morgan fingerprint density at radius 3 is 1.67 bits per heavy atom. The van der Waals surface area contributed by atoms with E-state index in [-0.39, 0.29) is 5.97 Å². The molecule has 0 aliphatic heterocycles. The van der Waals surface area contributed by atoms with Crippen molar-refractivity contribution in [2.75, 3.05) is 13.7 Å². The predicted molar refractivity (Wildman–Crippen MR) is 90.5 cm³/mol. The second kappa shape index (κ2) is 43.0. The highest BCUT2D eigenvalue weighted by Gasteiger charge is 1.81. The molecule has 4 nitrogen and oxygen atoms in total. The molecule has 0 saturated carbocycles. The third-order valence-electron chi connectivity index (χ3n) is 1.37. The fourth-order valence-electron chi connectivity index (χ4n) is 0.374. The number of hydrogen-bond acceptors (Lipinski definition) is 4. The van der Waals surface area contributed by atoms with Crippen molar-refractivity contribution in [3.63, 3.8) is 0 Å². The van der Waals surface area contributed by atoms with Crippen molar-refractivity contribution in [2.24, 2.45) is 0 Å². The van der Waals surface area contributed by atoms with Gasteiger partial charge in [-0.2, -0.15) is 5.26 Å². The molecule has 0 spiro atoms. The van der Waals surface area contributed by atoms with E-state index in [0.29, 0.717) is 13.0 Å². The maximum absolute atomic E-state index is 9.82. The Morgan fingerprint density at radius 2 is 1.62 bits per heavy atom. The number of nitrogens with zero attached hydrogens (tertiary/aromatic N) is 1. The molecule has 122 valence electrons. The highest BCUT2D eigenvalue weighted by Crippen LogP contribution is 1.82. The van der Waals surface area contributed by atoms with Gasteiger partial charge in [-0.15, -0.1) is 12.8 Å². The van der Waals surface area contributed by atoms with Crippen LogP contribution in [0.25, 0.3) is 0 Å². The molecule has 0 aliphatic rings. The highest BCUT2D eigenvalue weighted by atomic mass is 16.5. The summed E-state index contributed by atoms with van der Waals surface area (Å²) in [4.78, 5) is 9.82. The van der Waals surface area contributed by atoms with Crippen LogP contribution < -0.4 is 0 Å². The molecule has 4 heteroatoms. The van der Waals surface area contributed by atoms with Gasteiger partial charge in [0.05, 0.1) is 19.1 Å². The van der Waals surface area contributed by atoms with Crippen LogP contribution in [0.15, 0.2) is 23.8 Å². The molecule has 0 aromatic carbocycles. The average molecular weight is 297 g/mol. The predicted octanol–water partition coefficient (Wildman–Crippen LogP) is 3.88. The molecule has 21 heavy (non-hydrogen) atoms. The van der Waals surface area contributed by atoms with Crippen molar-refractivity contribution in [1.82, 2.24) is 0 Å². The summed E-state index contributed by atoms with van der Waals surface area (Å²) in [5.41, 5.74) is 1.38. The zero-order chi connectivity index (χ0) is 18.1. The number of carbonyl (C=O) groups excluding carboxylic acids is 1. The lowest BCUT2D eigenvalue weighted by atomic mass is 10.3. The number of esters is 1. The van der Waals surface area contributed by atoms with Crippen LogP contribution in [0.4, 0.5) is 0 Å². The van der Waals surface area contributed by atoms with Crippen LogP contribution >= 0.6 is 0 Å². The van der Waals surface area contributed by atoms with Crippen LogP contribution in [0, 0.1) is 24.2 Å². The van der Waals surface area contributed by atoms with Crippen LogP contribution in [0.3, 0.4) is 0 Å². The molecule has 0 bridgehead atoms. The molecular formula is C17H31NO3. The Balaban J connectivity index is -0.0000000545. The lowest BCUT2D eigenvalue weighted by molar-refractivity contribution is -0.140. The summed E-state index contributed by atoms with van der Waals surface area (Å²) in [6, 6.07) is 1.98. The zero-order valence-corrected chi connectivity index (χ0v) is 14.5. The van der Waals surface area contributed by atoms with Gasteiger partial charge in [0, 0.05) is 14.0 Å². The van der Waals surface area contributed by atoms with Crippen LogP contribution in [0.5, 0.6) is 0 Å². The molecule has 0 amide bonds. The van der Waals surface area contributed by atoms with E-state index in [1.165, 1.54) is 12.5 Å². The number of ether oxygens (including phenoxy) is 1. The molecule has 0 unspecified atom stereocenters. The summed E-state index contributed by atoms with van der Waals surface area (Å²) >= 11 is 0. The summed E-state index contributed by atoms with van der Waals surface area (Å²) in [5, 5.41) is 14.9. The number of hydrogen-bond donors (Lipinski definition) is 1. The van der Waals surface area contributed by atoms with Crippen LogP contribution in [-0.2, 0) is 9.53 Å². The molecule has 0 rings (SSSR count). The molecular weight excluding hydrogens is 266 g/mol. The number of rotatable bonds is 2. The smallest absolute Gasteiger partial charge is 0.302 e. The summed E-state index contributed by atoms with van der Waals surface area (Å²) in [7, 11) is 1.00. The molecule has 0 aromatic rings. The van der Waals surface area contributed by atoms with E-state index in [2.05, 4.69) is 37.5 Å². The number of nitriles is 1. The van der Waals surface area contributed by atoms with E-state index in [9.17, 15) is 4.79 Å². The maximum atomic E-state index is 9.82. The van der Waals surface area contributed by atoms with Crippen molar-refractivity contribution in [1.29, 1.82) is 5.26 Å². The maximum Gasteiger partial charge on any atom is 0.302 e. The first kappa shape index (κ1) is 31.4. The third-order valence-corrected chi connectivity index (χ3v) is 1.37. The van der Waals surface area contributed by atoms with E-state index < -0.39 is 0 Å². The van der Waals surface area contributed by atoms with Gasteiger partial charge >= 0.3 is 5.97 Å². The van der Waals surface area contributed by atoms with Gasteiger partial charge in [0.25, 0.3) is 0 Å². The van der Waals surface area contributed by atoms with Gasteiger partial charge in [0.1, 0.15) is 0 Å². The first-order valence-electron chi connectivity index (χ1n) is 6.45. The number of aliphatic hydroxyl groups excluding tert-OH is 1. The summed E-state index contributed by atoms with van der Waals surface area (Å²) in [6.45, 7) is 11.8. The standard InChI is InChI=1S/C5H7N.C5H10.C4H8O2.C2H2.CH4O/c1-2-3-4-5-6;1-4-5(2)3;1-3-6-4(2)5;2*1-2/h2-3H,4H2,1H3;4H,1-3H3;3H2,1-2H3;1-2H;2H,1H3/b3-2-;;;;. The average Bonchev–Trinajstić information content (AvgIpc) is 2.50. The molecule has 0 aliphatic carbocycles. The largest absolute Gasteiger partial charge is 0.466 e. The van der Waals surface area contributed by atoms with Gasteiger partial charge < -0.3 is 9.84 Å². The van der Waals surface area contributed by atoms with Crippen molar-refractivity contribution < 1.29 is 14.6 Å². The Kier molecular flexibility index (Phi) is 64.3. The van der Waals surface area contributed by atoms with Crippen molar-refractivity contribution in [3.8, 4) is 18.9 Å². The third kappa shape index (κ3) is 129. The number of allylic oxidation sites excluding steroid dienone is 4. The molecule has 0 saturated heterocycles. The Bertz CT molecular complexity index is 293. The van der Waals surface area contributed by atoms with Crippen molar-refractivity contribution in [2.45, 2.75) is 48.0 Å². The summed E-state index contributed by atoms with van der Waals surface area (Å²) in [6.07, 6.45) is 14.3. The Hall–Kier alpha value is -2.04. The quantitative estimate of drug-likeness (QED) is 0.477. The van der Waals surface area contributed by atoms with Crippen LogP contribution in [-0.4, -0.2) is 24.8 Å². The number of carbonyl (C=O) groups is 1. The van der Waals surface area contributed by atoms with Gasteiger partial charge in [-0.1, -0.05) is 23.8 Å². The van der Waals surface area contributed by atoms with Gasteiger partial charge in [0.2, 0.25) is 0 Å². The fourth-order valence-corrected chi connectivity index (χ4v) is 0.374. The molecule has 0 atom stereocenters. The Morgan fingerprint density at radius 1 is 1.24 bits per heavy atom. The van der Waals surface area contributed by atoms with E-state index in [4.69, 9.17) is 10.4 Å². The fraction of sp³-hybridized carbons (Fsp3) is 0.529. The Labute approximate surface area is 131 Å². The minimum absolute atomic E-state index is 0.211. The van der Waals surface area contributed by atoms with E-state index >= 15 is 0 Å². The number of terminal acetylenes is 1. The first-order valence-corrected chi connectivity index (χ1v) is 6.45. The van der Waals surface area contributed by atoms with E-state index in [1.807, 2.05) is 32.1 Å². The number of aliphatic hydroxyl groups is 1. The van der Waals surface area contributed by atoms with Gasteiger partial charge in [-0.25, -0.2) is 0 Å². The first-order chi connectivity index (χ1) is 9.95. The molecule has 0 heterocycles. The van der Waals surface area contributed by atoms with Crippen LogP contribution in [0.2, 0.25) is 0 Å². The van der Waals surface area contributed by atoms with E-state index in [0.717, 1.165) is 7.11 Å². The highest BCUT2D eigenvalue weighted by molar-refractivity contribution is 5.65. The second-order valence-electron chi connectivity index (χ2n) is 3.22. The van der Waals surface area contributed by atoms with Gasteiger partial charge in [0.15, 0.2) is 0 Å². The van der Waals surface area contributed by atoms with Crippen molar-refractivity contribution in [3.05, 3.63) is 23.8 Å². The molecule has 1 N–H and O–H groups in total. The second-order valence-corrected chi connectivity index (χ2v) is 3.22. The minimum Gasteiger partial charge on any atom is -0.466 e. The lowest BCUT2D eigenvalue weighted by Crippen LogP contribution is -1.95. The zero-order valence-electron chi connectivity index (χ0n) is 14.5. The van der Waals surface area contributed by atoms with Crippen molar-refractivity contribution >= 4 is 5.97 Å². The topological polar surface area (TPSA) is 70.3 Å². The summed E-state index contributed by atoms with van der Waals surface area (Å²) < 4.78 is 4.40. The van der Waals surface area contributed by atoms with Crippen LogP contribution in [0.1, 0.15) is 48.0 Å². The molecule has 0 aromatic heterocycles. The normalized spacial score (nSPS) is 6.71. The monoisotopic (exact) mass is 297 g/mol. The lowest BCUT2D eigenvalue weighted by Gasteiger charge is -1.89. The van der Waals surface area contributed by atoms with Gasteiger partial charge in [-0.05, 0) is 34.6 Å². The summed E-state index contributed by atoms with van der Waals surface area (Å²) in [5.74, 6) is -0.211. The molecule has 0 fully saturated rings. The van der Waals surface area contributed by atoms with E-state index in [1.54, 1.807) is 6.92 Å². The van der Waals surface area contributed by atoms with Gasteiger partial charge in [-0.3, -0.25) is 4.79 Å². The molecule has 0 radical (unpaired) electrons. The minimum atomic E-state index is -0.211.